The van der Waals surface area contributed by atoms with Gasteiger partial charge < -0.3 is 5.11 Å². The van der Waals surface area contributed by atoms with Gasteiger partial charge in [-0.25, -0.2) is 4.98 Å². The minimum absolute atomic E-state index is 0.475. The maximum Gasteiger partial charge on any atom is 0.101 e. The molecule has 2 rings (SSSR count). The van der Waals surface area contributed by atoms with E-state index >= 15 is 0 Å². The number of hydrogen-bond donors (Lipinski definition) is 1. The minimum Gasteiger partial charge on any atom is -0.389 e. The summed E-state index contributed by atoms with van der Waals surface area (Å²) in [5.41, 5.74) is 0.824. The quantitative estimate of drug-likeness (QED) is 0.913. The Labute approximate surface area is 110 Å². The van der Waals surface area contributed by atoms with Crippen LogP contribution in [0.15, 0.2) is 52.5 Å². The van der Waals surface area contributed by atoms with Crippen molar-refractivity contribution in [2.75, 3.05) is 0 Å². The van der Waals surface area contributed by atoms with Crippen LogP contribution in [0.25, 0.3) is 0 Å². The Bertz CT molecular complexity index is 482. The van der Waals surface area contributed by atoms with Gasteiger partial charge in [0.2, 0.25) is 0 Å². The zero-order valence-corrected chi connectivity index (χ0v) is 10.9. The van der Waals surface area contributed by atoms with Crippen LogP contribution in [0.2, 0.25) is 5.02 Å². The van der Waals surface area contributed by atoms with Gasteiger partial charge in [0.25, 0.3) is 0 Å². The van der Waals surface area contributed by atoms with E-state index in [-0.39, 0.29) is 0 Å². The van der Waals surface area contributed by atoms with Gasteiger partial charge in [-0.2, -0.15) is 0 Å². The number of aromatic nitrogens is 1. The van der Waals surface area contributed by atoms with Gasteiger partial charge >= 0.3 is 0 Å². The van der Waals surface area contributed by atoms with Crippen molar-refractivity contribution in [3.63, 3.8) is 0 Å². The molecule has 0 aliphatic rings. The molecule has 0 radical (unpaired) electrons. The first-order valence-corrected chi connectivity index (χ1v) is 6.42. The zero-order valence-electron chi connectivity index (χ0n) is 9.30. The second-order valence-electron chi connectivity index (χ2n) is 3.66. The molecule has 0 saturated heterocycles. The van der Waals surface area contributed by atoms with Crippen LogP contribution in [0, 0.1) is 0 Å². The smallest absolute Gasteiger partial charge is 0.101 e. The average molecular weight is 266 g/mol. The van der Waals surface area contributed by atoms with Crippen LogP contribution in [0.3, 0.4) is 0 Å². The molecule has 1 atom stereocenters. The molecule has 0 aliphatic carbocycles. The van der Waals surface area contributed by atoms with Gasteiger partial charge in [0.1, 0.15) is 5.03 Å². The predicted molar refractivity (Wildman–Crippen MR) is 70.4 cm³/mol. The van der Waals surface area contributed by atoms with Crippen molar-refractivity contribution in [3.05, 3.63) is 53.2 Å². The number of rotatable bonds is 3. The normalized spacial score (nSPS) is 12.4. The molecule has 0 aliphatic heterocycles. The summed E-state index contributed by atoms with van der Waals surface area (Å²) < 4.78 is 0. The van der Waals surface area contributed by atoms with E-state index in [1.807, 2.05) is 36.4 Å². The number of nitrogens with zero attached hydrogens (tertiary/aromatic N) is 1. The summed E-state index contributed by atoms with van der Waals surface area (Å²) in [6.45, 7) is 1.73. The van der Waals surface area contributed by atoms with Gasteiger partial charge in [-0.1, -0.05) is 29.4 Å². The highest BCUT2D eigenvalue weighted by atomic mass is 35.5. The van der Waals surface area contributed by atoms with Gasteiger partial charge in [0.15, 0.2) is 0 Å². The van der Waals surface area contributed by atoms with Crippen molar-refractivity contribution in [1.82, 2.24) is 4.98 Å². The molecule has 0 amide bonds. The topological polar surface area (TPSA) is 33.1 Å². The van der Waals surface area contributed by atoms with E-state index < -0.39 is 6.10 Å². The second kappa shape index (κ2) is 5.54. The molecule has 1 aromatic heterocycles. The lowest BCUT2D eigenvalue weighted by Crippen LogP contribution is -1.91. The Kier molecular flexibility index (Phi) is 4.05. The first-order valence-electron chi connectivity index (χ1n) is 5.22. The average Bonchev–Trinajstić information content (AvgIpc) is 2.33. The van der Waals surface area contributed by atoms with E-state index in [0.717, 1.165) is 20.5 Å². The van der Waals surface area contributed by atoms with Crippen LogP contribution < -0.4 is 0 Å². The third kappa shape index (κ3) is 3.46. The third-order valence-corrected chi connectivity index (χ3v) is 3.49. The van der Waals surface area contributed by atoms with E-state index in [2.05, 4.69) is 4.98 Å². The van der Waals surface area contributed by atoms with Gasteiger partial charge in [0.05, 0.1) is 6.10 Å². The molecule has 0 unspecified atom stereocenters. The van der Waals surface area contributed by atoms with Gasteiger partial charge in [-0.05, 0) is 42.8 Å². The van der Waals surface area contributed by atoms with Crippen LogP contribution in [0.4, 0.5) is 0 Å². The van der Waals surface area contributed by atoms with Crippen molar-refractivity contribution in [3.8, 4) is 0 Å². The van der Waals surface area contributed by atoms with Crippen molar-refractivity contribution in [2.24, 2.45) is 0 Å². The molecule has 1 aromatic carbocycles. The largest absolute Gasteiger partial charge is 0.389 e. The minimum atomic E-state index is -0.475. The van der Waals surface area contributed by atoms with Crippen LogP contribution in [-0.2, 0) is 0 Å². The summed E-state index contributed by atoms with van der Waals surface area (Å²) in [6.07, 6.45) is 1.22. The fourth-order valence-electron chi connectivity index (χ4n) is 1.32. The summed E-state index contributed by atoms with van der Waals surface area (Å²) in [5, 5.41) is 11.0. The van der Waals surface area contributed by atoms with E-state index in [1.54, 1.807) is 24.9 Å². The van der Waals surface area contributed by atoms with Crippen molar-refractivity contribution < 1.29 is 5.11 Å². The first kappa shape index (κ1) is 12.4. The third-order valence-electron chi connectivity index (χ3n) is 2.28. The number of pyridine rings is 1. The molecule has 0 fully saturated rings. The number of aliphatic hydroxyl groups excluding tert-OH is 1. The molecule has 2 aromatic rings. The van der Waals surface area contributed by atoms with Crippen molar-refractivity contribution in [2.45, 2.75) is 22.9 Å². The van der Waals surface area contributed by atoms with Crippen molar-refractivity contribution >= 4 is 23.4 Å². The lowest BCUT2D eigenvalue weighted by molar-refractivity contribution is 0.198. The van der Waals surface area contributed by atoms with E-state index in [1.165, 1.54) is 0 Å². The molecule has 1 heterocycles. The molecule has 2 nitrogen and oxygen atoms in total. The van der Waals surface area contributed by atoms with Crippen molar-refractivity contribution in [1.29, 1.82) is 0 Å². The Hall–Kier alpha value is -1.03. The molecule has 0 saturated carbocycles. The molecular weight excluding hydrogens is 254 g/mol. The number of hydrogen-bond acceptors (Lipinski definition) is 3. The SMILES string of the molecule is C[C@@H](O)c1ccc(Sc2ccc(Cl)cc2)nc1. The van der Waals surface area contributed by atoms with Crippen LogP contribution >= 0.6 is 23.4 Å². The highest BCUT2D eigenvalue weighted by Gasteiger charge is 2.02. The monoisotopic (exact) mass is 265 g/mol. The molecule has 0 bridgehead atoms. The van der Waals surface area contributed by atoms with E-state index in [9.17, 15) is 5.11 Å². The molecule has 88 valence electrons. The Morgan fingerprint density at radius 1 is 1.18 bits per heavy atom. The number of benzene rings is 1. The van der Waals surface area contributed by atoms with Crippen LogP contribution in [0.1, 0.15) is 18.6 Å². The lowest BCUT2D eigenvalue weighted by Gasteiger charge is -2.05. The summed E-state index contributed by atoms with van der Waals surface area (Å²) in [6, 6.07) is 11.4. The Balaban J connectivity index is 2.11. The van der Waals surface area contributed by atoms with E-state index in [4.69, 9.17) is 11.6 Å². The highest BCUT2D eigenvalue weighted by Crippen LogP contribution is 2.27. The Morgan fingerprint density at radius 3 is 2.41 bits per heavy atom. The molecule has 17 heavy (non-hydrogen) atoms. The van der Waals surface area contributed by atoms with Gasteiger partial charge in [-0.3, -0.25) is 0 Å². The summed E-state index contributed by atoms with van der Waals surface area (Å²) in [5.74, 6) is 0. The van der Waals surface area contributed by atoms with Crippen LogP contribution in [0.5, 0.6) is 0 Å². The number of halogens is 1. The fourth-order valence-corrected chi connectivity index (χ4v) is 2.20. The molecular formula is C13H12ClNOS. The maximum absolute atomic E-state index is 9.37. The molecule has 0 spiro atoms. The number of aliphatic hydroxyl groups is 1. The Morgan fingerprint density at radius 2 is 1.88 bits per heavy atom. The van der Waals surface area contributed by atoms with Gasteiger partial charge in [0, 0.05) is 16.1 Å². The lowest BCUT2D eigenvalue weighted by atomic mass is 10.2. The second-order valence-corrected chi connectivity index (χ2v) is 5.19. The zero-order chi connectivity index (χ0) is 12.3. The van der Waals surface area contributed by atoms with Crippen LogP contribution in [-0.4, -0.2) is 10.1 Å². The molecule has 1 N–H and O–H groups in total. The van der Waals surface area contributed by atoms with E-state index in [0.29, 0.717) is 0 Å². The fraction of sp³-hybridized carbons (Fsp3) is 0.154. The first-order chi connectivity index (χ1) is 8.15. The maximum atomic E-state index is 9.37. The summed E-state index contributed by atoms with van der Waals surface area (Å²) in [4.78, 5) is 5.38. The van der Waals surface area contributed by atoms with Gasteiger partial charge in [-0.15, -0.1) is 0 Å². The summed E-state index contributed by atoms with van der Waals surface area (Å²) >= 11 is 7.38. The summed E-state index contributed by atoms with van der Waals surface area (Å²) in [7, 11) is 0. The predicted octanol–water partition coefficient (Wildman–Crippen LogP) is 3.94. The highest BCUT2D eigenvalue weighted by molar-refractivity contribution is 7.99. The standard InChI is InChI=1S/C13H12ClNOS/c1-9(16)10-2-7-13(15-8-10)17-12-5-3-11(14)4-6-12/h2-9,16H,1H3/t9-/m1/s1. The molecule has 4 heteroatoms.